The number of halogens is 8. The smallest absolute Gasteiger partial charge is 0.379 e. The Balaban J connectivity index is 0.000000743. The Morgan fingerprint density at radius 2 is 0.867 bits per heavy atom. The molecule has 3 N–H and O–H groups in total. The first-order valence-corrected chi connectivity index (χ1v) is 39.6. The monoisotopic (exact) mass is 2040 g/mol. The molecule has 33 heteroatoms. The molecule has 128 heavy (non-hydrogen) atoms. The molecular formula is C95H107Br4F4NO24. The lowest BCUT2D eigenvalue weighted by Gasteiger charge is -2.18. The van der Waals surface area contributed by atoms with Crippen LogP contribution in [-0.4, -0.2) is 113 Å². The number of aliphatic hydroxyl groups excluding tert-OH is 3. The number of ether oxygens (including phenoxy) is 5. The van der Waals surface area contributed by atoms with Gasteiger partial charge in [0.05, 0.1) is 89.9 Å². The lowest BCUT2D eigenvalue weighted by atomic mass is 10.0. The van der Waals surface area contributed by atoms with E-state index in [1.807, 2.05) is 13.0 Å². The third-order valence-corrected chi connectivity index (χ3v) is 19.6. The van der Waals surface area contributed by atoms with Crippen molar-refractivity contribution in [1.29, 1.82) is 0 Å². The molecule has 2 fully saturated rings. The van der Waals surface area contributed by atoms with Crippen LogP contribution in [0.1, 0.15) is 221 Å². The predicted octanol–water partition coefficient (Wildman–Crippen LogP) is 24.9. The number of nitrogens with zero attached hydrogens (tertiary/aromatic N) is 1. The number of furan rings is 8. The van der Waals surface area contributed by atoms with Crippen LogP contribution < -0.4 is 0 Å². The number of hydrogen-bond donors (Lipinski definition) is 3. The Hall–Kier alpha value is -11.4. The normalized spacial score (nSPS) is 13.0. The summed E-state index contributed by atoms with van der Waals surface area (Å²) in [4.78, 5) is 90.4. The zero-order valence-corrected chi connectivity index (χ0v) is 72.2. The number of rotatable bonds is 20. The molecule has 4 aromatic carbocycles. The third-order valence-electron chi connectivity index (χ3n) is 17.0. The minimum atomic E-state index is -1.04. The van der Waals surface area contributed by atoms with Crippen molar-refractivity contribution >= 4 is 116 Å². The van der Waals surface area contributed by atoms with Gasteiger partial charge in [0.2, 0.25) is 17.4 Å². The van der Waals surface area contributed by atoms with Crippen LogP contribution in [0, 0.1) is 23.3 Å². The number of amides is 1. The fourth-order valence-corrected chi connectivity index (χ4v) is 11.9. The number of esters is 1. The van der Waals surface area contributed by atoms with E-state index in [-0.39, 0.29) is 129 Å². The van der Waals surface area contributed by atoms with Crippen molar-refractivity contribution in [1.82, 2.24) is 4.90 Å². The first-order valence-electron chi connectivity index (χ1n) is 36.4. The first-order chi connectivity index (χ1) is 57.5. The maximum atomic E-state index is 12.9. The molecule has 0 saturated carbocycles. The largest absolute Gasteiger partial charge is 0.504 e. The Morgan fingerprint density at radius 3 is 1.22 bits per heavy atom. The zero-order chi connectivity index (χ0) is 88.3. The molecule has 0 radical (unpaired) electrons. The highest BCUT2D eigenvalue weighted by Crippen LogP contribution is 2.36. The number of Topliss-reactive ketones (excluding diaryl/α,β-unsaturated/α-hetero) is 5. The number of ketones is 6. The second kappa shape index (κ2) is 54.7. The third kappa shape index (κ3) is 34.6. The van der Waals surface area contributed by atoms with Crippen LogP contribution >= 0.6 is 63.7 Å². The van der Waals surface area contributed by atoms with Crippen molar-refractivity contribution in [2.45, 2.75) is 137 Å². The van der Waals surface area contributed by atoms with Crippen LogP contribution in [0.2, 0.25) is 0 Å². The molecule has 3 aliphatic heterocycles. The highest BCUT2D eigenvalue weighted by Gasteiger charge is 2.38. The summed E-state index contributed by atoms with van der Waals surface area (Å²) in [6.07, 6.45) is 11.9. The van der Waals surface area contributed by atoms with Gasteiger partial charge in [0.1, 0.15) is 41.9 Å². The van der Waals surface area contributed by atoms with Crippen molar-refractivity contribution in [3.05, 3.63) is 345 Å². The minimum absolute atomic E-state index is 0. The molecule has 1 amide bonds. The highest BCUT2D eigenvalue weighted by molar-refractivity contribution is 9.13. The summed E-state index contributed by atoms with van der Waals surface area (Å²) in [7, 11) is 1.50. The number of benzene rings is 4. The molecule has 3 aliphatic rings. The van der Waals surface area contributed by atoms with Crippen LogP contribution in [0.15, 0.2) is 266 Å². The van der Waals surface area contributed by atoms with Gasteiger partial charge >= 0.3 is 5.97 Å². The summed E-state index contributed by atoms with van der Waals surface area (Å²) >= 11 is 12.8. The maximum absolute atomic E-state index is 12.9. The van der Waals surface area contributed by atoms with Gasteiger partial charge in [-0.15, -0.1) is 0 Å². The topological polar surface area (TPSA) is 352 Å². The summed E-state index contributed by atoms with van der Waals surface area (Å²) in [6, 6.07) is 39.0. The van der Waals surface area contributed by atoms with Crippen molar-refractivity contribution < 1.29 is 130 Å². The van der Waals surface area contributed by atoms with Gasteiger partial charge in [-0.2, -0.15) is 0 Å². The van der Waals surface area contributed by atoms with Crippen molar-refractivity contribution in [2.75, 3.05) is 46.6 Å². The quantitative estimate of drug-likeness (QED) is 0.0159. The van der Waals surface area contributed by atoms with Crippen LogP contribution in [-0.2, 0) is 68.9 Å². The van der Waals surface area contributed by atoms with Crippen molar-refractivity contribution in [3.63, 3.8) is 0 Å². The molecule has 692 valence electrons. The number of carbonyl (C=O) groups excluding carboxylic acids is 8. The van der Waals surface area contributed by atoms with Crippen molar-refractivity contribution in [3.8, 4) is 0 Å². The average molecular weight is 2040 g/mol. The summed E-state index contributed by atoms with van der Waals surface area (Å²) in [6.45, 7) is 13.4. The lowest BCUT2D eigenvalue weighted by Crippen LogP contribution is -2.22. The lowest BCUT2D eigenvalue weighted by molar-refractivity contribution is -0.163. The van der Waals surface area contributed by atoms with Gasteiger partial charge in [-0.1, -0.05) is 101 Å². The van der Waals surface area contributed by atoms with Gasteiger partial charge in [-0.05, 0) is 214 Å². The highest BCUT2D eigenvalue weighted by atomic mass is 79.9. The molecular weight excluding hydrogens is 1930 g/mol. The molecule has 12 aromatic rings. The van der Waals surface area contributed by atoms with E-state index in [1.165, 1.54) is 138 Å². The first kappa shape index (κ1) is 115. The van der Waals surface area contributed by atoms with Crippen LogP contribution in [0.4, 0.5) is 17.6 Å². The van der Waals surface area contributed by atoms with E-state index in [4.69, 9.17) is 54.3 Å². The van der Waals surface area contributed by atoms with Gasteiger partial charge < -0.3 is 79.2 Å². The summed E-state index contributed by atoms with van der Waals surface area (Å²) in [5, 5.41) is 29.8. The molecule has 8 aromatic heterocycles. The van der Waals surface area contributed by atoms with Gasteiger partial charge in [-0.3, -0.25) is 33.6 Å². The van der Waals surface area contributed by atoms with E-state index in [2.05, 4.69) is 68.5 Å². The van der Waals surface area contributed by atoms with Crippen LogP contribution in [0.3, 0.4) is 0 Å². The average Bonchev–Trinajstić information content (AvgIpc) is 1.66. The van der Waals surface area contributed by atoms with E-state index in [0.29, 0.717) is 96.0 Å². The Kier molecular flexibility index (Phi) is 49.0. The number of hydrogen-bond acceptors (Lipinski definition) is 24. The van der Waals surface area contributed by atoms with Crippen LogP contribution in [0.5, 0.6) is 0 Å². The van der Waals surface area contributed by atoms with Gasteiger partial charge in [-0.25, -0.2) is 22.4 Å². The molecule has 1 atom stereocenters. The Morgan fingerprint density at radius 1 is 0.477 bits per heavy atom. The Labute approximate surface area is 774 Å². The molecule has 1 unspecified atom stereocenters. The van der Waals surface area contributed by atoms with Crippen molar-refractivity contribution in [2.24, 2.45) is 0 Å². The minimum Gasteiger partial charge on any atom is -0.504 e. The summed E-state index contributed by atoms with van der Waals surface area (Å²) in [5.41, 5.74) is 6.32. The fraction of sp³-hybridized carbons (Fsp3) is 0.284. The summed E-state index contributed by atoms with van der Waals surface area (Å²) < 4.78 is 121. The second-order valence-electron chi connectivity index (χ2n) is 26.5. The predicted molar refractivity (Wildman–Crippen MR) is 488 cm³/mol. The zero-order valence-electron chi connectivity index (χ0n) is 65.9. The van der Waals surface area contributed by atoms with Crippen LogP contribution in [0.25, 0.3) is 5.76 Å². The van der Waals surface area contributed by atoms with E-state index >= 15 is 0 Å². The Bertz CT molecular complexity index is 5500. The molecule has 0 aliphatic carbocycles. The SMILES string of the molecule is C.C.C.C.C.C.C.CC(=O)c1cc(Br)c(Br)o1.CC(=O)c1cc(Br)co1.CC(=O)c1cc(Cc2ccc(F)cc2)co1.CC(=O)c1ccco1.CC1(c2cc(Br)co2)OCCO1.CC1(c2cc(C(O)c3ccc(F)cc3)co2)OCCO1.CCOC(=O)C(=O)C=C(O)c1cc(Cc2ccc(F)cc2)co1.CN1CC(C(=O)c2cc(Cc3ccc(F)cc3)co2)=C(O)C1=O. The van der Waals surface area contributed by atoms with E-state index in [9.17, 15) is 71.2 Å². The van der Waals surface area contributed by atoms with Gasteiger partial charge in [0.15, 0.2) is 85.4 Å². The fourth-order valence-electron chi connectivity index (χ4n) is 10.8. The standard InChI is InChI=1S/C17H14FNO4.C17H15FO5.C15H15FO4.C13H11FO2.C8H9BrO3.C6H4Br2O2.C6H5BrO2.C6H6O2.7CH4/c1-19-8-13(16(21)17(19)22)15(20)14-7-11(9-23-14)6-10-2-4-12(18)5-3-10;1-2-22-17(21)15(20)9-14(19)16-8-12(10-23-16)7-11-3-5-13(18)6-4-11;1-15(19-6-7-20-15)13-8-11(9-18-13)14(17)10-2-4-12(16)5-3-10;1-9(15)13-7-11(8-16-13)6-10-2-4-12(14)5-3-10;1-8(11-2-3-12-8)7-4-6(9)5-10-7;1-3(9)5-2-4(7)6(8)10-5;1-4(8)6-2-5(7)3-9-6;1-5(7)6-3-2-4-8-6;;;;;;;/h2-5,7,9,21H,6,8H2,1H3;3-6,8-10,19H,2,7H2,1H3;2-5,8-9,14,17H,6-7H2,1H3;2-5,7-8H,6H2,1H3;4-5H,2-3H2,1H3;2H,1H3;2-3H,1H3;2-4H,1H3;7*1H4. The van der Waals surface area contributed by atoms with E-state index in [0.717, 1.165) is 52.9 Å². The van der Waals surface area contributed by atoms with E-state index < -0.39 is 52.6 Å². The second-order valence-corrected chi connectivity index (χ2v) is 29.9. The maximum Gasteiger partial charge on any atom is 0.379 e. The molecule has 11 heterocycles. The molecule has 25 nitrogen and oxygen atoms in total. The number of aliphatic hydroxyl groups is 3. The summed E-state index contributed by atoms with van der Waals surface area (Å²) in [5.74, 6) is -4.31. The van der Waals surface area contributed by atoms with Gasteiger partial charge in [0, 0.05) is 77.8 Å². The molecule has 15 rings (SSSR count). The molecule has 2 saturated heterocycles. The number of likely N-dealkylation sites (N-methyl/N-ethyl adjacent to an activating group) is 1. The molecule has 0 spiro atoms. The van der Waals surface area contributed by atoms with Gasteiger partial charge in [0.25, 0.3) is 11.7 Å². The van der Waals surface area contributed by atoms with E-state index in [1.54, 1.807) is 105 Å². The number of carbonyl (C=O) groups is 8. The molecule has 0 bridgehead atoms.